The lowest BCUT2D eigenvalue weighted by Gasteiger charge is -2.35. The molecule has 3 rings (SSSR count). The maximum Gasteiger partial charge on any atom is 0.243 e. The van der Waals surface area contributed by atoms with E-state index < -0.39 is 10.0 Å². The van der Waals surface area contributed by atoms with Crippen LogP contribution in [0.1, 0.15) is 5.56 Å². The van der Waals surface area contributed by atoms with Gasteiger partial charge in [-0.05, 0) is 55.0 Å². The van der Waals surface area contributed by atoms with Crippen LogP contribution in [-0.2, 0) is 10.0 Å². The standard InChI is InChI=1S/C19H23N3O3S2/c1-15-5-3-4-6-18(15)20-19(26)21-11-13-22(14-12-21)27(23,24)17-9-7-16(25-2)8-10-17/h3-10H,11-14H2,1-2H3,(H,20,26). The van der Waals surface area contributed by atoms with Crippen molar-refractivity contribution in [3.8, 4) is 5.75 Å². The van der Waals surface area contributed by atoms with E-state index in [2.05, 4.69) is 5.32 Å². The summed E-state index contributed by atoms with van der Waals surface area (Å²) in [6, 6.07) is 14.4. The van der Waals surface area contributed by atoms with E-state index in [0.717, 1.165) is 11.3 Å². The van der Waals surface area contributed by atoms with Gasteiger partial charge < -0.3 is 15.0 Å². The molecule has 1 aliphatic heterocycles. The van der Waals surface area contributed by atoms with Crippen LogP contribution in [0.15, 0.2) is 53.4 Å². The quantitative estimate of drug-likeness (QED) is 0.790. The number of anilines is 1. The summed E-state index contributed by atoms with van der Waals surface area (Å²) in [5.41, 5.74) is 2.08. The van der Waals surface area contributed by atoms with Crippen molar-refractivity contribution in [3.05, 3.63) is 54.1 Å². The number of sulfonamides is 1. The zero-order chi connectivity index (χ0) is 19.4. The highest BCUT2D eigenvalue weighted by Crippen LogP contribution is 2.21. The molecule has 0 bridgehead atoms. The van der Waals surface area contributed by atoms with Gasteiger partial charge in [0.15, 0.2) is 5.11 Å². The molecule has 144 valence electrons. The molecule has 8 heteroatoms. The molecule has 1 heterocycles. The van der Waals surface area contributed by atoms with Crippen molar-refractivity contribution in [2.24, 2.45) is 0 Å². The maximum atomic E-state index is 12.8. The van der Waals surface area contributed by atoms with Gasteiger partial charge in [0.25, 0.3) is 0 Å². The molecule has 2 aromatic rings. The lowest BCUT2D eigenvalue weighted by atomic mass is 10.2. The Morgan fingerprint density at radius 3 is 2.26 bits per heavy atom. The fourth-order valence-corrected chi connectivity index (χ4v) is 4.65. The number of benzene rings is 2. The number of nitrogens with one attached hydrogen (secondary N) is 1. The van der Waals surface area contributed by atoms with Gasteiger partial charge in [-0.3, -0.25) is 0 Å². The van der Waals surface area contributed by atoms with Gasteiger partial charge in [0.1, 0.15) is 5.75 Å². The van der Waals surface area contributed by atoms with Crippen LogP contribution in [0, 0.1) is 6.92 Å². The van der Waals surface area contributed by atoms with E-state index in [4.69, 9.17) is 17.0 Å². The molecule has 1 fully saturated rings. The van der Waals surface area contributed by atoms with Crippen LogP contribution in [-0.4, -0.2) is 56.0 Å². The molecule has 6 nitrogen and oxygen atoms in total. The number of piperazine rings is 1. The number of nitrogens with zero attached hydrogens (tertiary/aromatic N) is 2. The van der Waals surface area contributed by atoms with E-state index in [0.29, 0.717) is 37.0 Å². The fraction of sp³-hybridized carbons (Fsp3) is 0.316. The molecule has 0 spiro atoms. The van der Waals surface area contributed by atoms with Gasteiger partial charge in [-0.25, -0.2) is 8.42 Å². The summed E-state index contributed by atoms with van der Waals surface area (Å²) < 4.78 is 32.2. The molecule has 27 heavy (non-hydrogen) atoms. The second-order valence-corrected chi connectivity index (χ2v) is 8.64. The first kappa shape index (κ1) is 19.6. The summed E-state index contributed by atoms with van der Waals surface area (Å²) in [6.07, 6.45) is 0. The van der Waals surface area contributed by atoms with Gasteiger partial charge in [-0.2, -0.15) is 4.31 Å². The summed E-state index contributed by atoms with van der Waals surface area (Å²) in [5.74, 6) is 0.631. The van der Waals surface area contributed by atoms with Crippen LogP contribution in [0.4, 0.5) is 5.69 Å². The van der Waals surface area contributed by atoms with Crippen molar-refractivity contribution in [2.75, 3.05) is 38.6 Å². The number of aryl methyl sites for hydroxylation is 1. The van der Waals surface area contributed by atoms with Gasteiger partial charge in [-0.15, -0.1) is 0 Å². The van der Waals surface area contributed by atoms with Crippen molar-refractivity contribution in [2.45, 2.75) is 11.8 Å². The van der Waals surface area contributed by atoms with Crippen LogP contribution in [0.3, 0.4) is 0 Å². The number of hydrogen-bond donors (Lipinski definition) is 1. The van der Waals surface area contributed by atoms with Crippen molar-refractivity contribution in [3.63, 3.8) is 0 Å². The minimum absolute atomic E-state index is 0.275. The van der Waals surface area contributed by atoms with Crippen molar-refractivity contribution >= 4 is 33.0 Å². The number of para-hydroxylation sites is 1. The second kappa shape index (κ2) is 8.24. The summed E-state index contributed by atoms with van der Waals surface area (Å²) in [5, 5.41) is 3.87. The van der Waals surface area contributed by atoms with Crippen molar-refractivity contribution in [1.82, 2.24) is 9.21 Å². The highest BCUT2D eigenvalue weighted by Gasteiger charge is 2.29. The SMILES string of the molecule is COc1ccc(S(=O)(=O)N2CCN(C(=S)Nc3ccccc3C)CC2)cc1. The first-order chi connectivity index (χ1) is 12.9. The molecule has 0 radical (unpaired) electrons. The summed E-state index contributed by atoms with van der Waals surface area (Å²) in [6.45, 7) is 3.90. The van der Waals surface area contributed by atoms with Crippen molar-refractivity contribution in [1.29, 1.82) is 0 Å². The topological polar surface area (TPSA) is 61.9 Å². The Hall–Kier alpha value is -2.16. The van der Waals surface area contributed by atoms with Gasteiger partial charge in [0, 0.05) is 31.9 Å². The average Bonchev–Trinajstić information content (AvgIpc) is 2.70. The molecule has 2 aromatic carbocycles. The molecule has 1 aliphatic rings. The fourth-order valence-electron chi connectivity index (χ4n) is 2.94. The van der Waals surface area contributed by atoms with Crippen LogP contribution in [0.25, 0.3) is 0 Å². The van der Waals surface area contributed by atoms with Gasteiger partial charge in [0.05, 0.1) is 12.0 Å². The molecule has 1 saturated heterocycles. The zero-order valence-electron chi connectivity index (χ0n) is 15.4. The summed E-state index contributed by atoms with van der Waals surface area (Å²) in [4.78, 5) is 2.28. The second-order valence-electron chi connectivity index (χ2n) is 6.31. The normalized spacial score (nSPS) is 15.4. The first-order valence-corrected chi connectivity index (χ1v) is 10.5. The lowest BCUT2D eigenvalue weighted by Crippen LogP contribution is -2.51. The Labute approximate surface area is 165 Å². The van der Waals surface area contributed by atoms with E-state index in [1.165, 1.54) is 4.31 Å². The van der Waals surface area contributed by atoms with Gasteiger partial charge >= 0.3 is 0 Å². The largest absolute Gasteiger partial charge is 0.497 e. The highest BCUT2D eigenvalue weighted by molar-refractivity contribution is 7.89. The van der Waals surface area contributed by atoms with Crippen LogP contribution >= 0.6 is 12.2 Å². The van der Waals surface area contributed by atoms with Crippen LogP contribution in [0.5, 0.6) is 5.75 Å². The number of hydrogen-bond acceptors (Lipinski definition) is 4. The molecule has 0 aromatic heterocycles. The van der Waals surface area contributed by atoms with Crippen LogP contribution < -0.4 is 10.1 Å². The lowest BCUT2D eigenvalue weighted by molar-refractivity contribution is 0.268. The third-order valence-corrected chi connectivity index (χ3v) is 6.88. The molecular formula is C19H23N3O3S2. The number of thiocarbonyl (C=S) groups is 1. The average molecular weight is 406 g/mol. The predicted molar refractivity (Wildman–Crippen MR) is 111 cm³/mol. The molecule has 0 saturated carbocycles. The number of methoxy groups -OCH3 is 1. The van der Waals surface area contributed by atoms with Gasteiger partial charge in [-0.1, -0.05) is 18.2 Å². The number of rotatable bonds is 4. The Morgan fingerprint density at radius 2 is 1.67 bits per heavy atom. The Balaban J connectivity index is 1.62. The van der Waals surface area contributed by atoms with Gasteiger partial charge in [0.2, 0.25) is 10.0 Å². The molecule has 1 N–H and O–H groups in total. The van der Waals surface area contributed by atoms with E-state index in [1.54, 1.807) is 31.4 Å². The molecule has 0 aliphatic carbocycles. The van der Waals surface area contributed by atoms with E-state index in [9.17, 15) is 8.42 Å². The Kier molecular flexibility index (Phi) is 5.98. The molecule has 0 amide bonds. The first-order valence-electron chi connectivity index (χ1n) is 8.67. The van der Waals surface area contributed by atoms with Crippen molar-refractivity contribution < 1.29 is 13.2 Å². The minimum Gasteiger partial charge on any atom is -0.497 e. The van der Waals surface area contributed by atoms with E-state index in [-0.39, 0.29) is 4.90 Å². The third kappa shape index (κ3) is 4.40. The maximum absolute atomic E-state index is 12.8. The molecular weight excluding hydrogens is 382 g/mol. The Bertz CT molecular complexity index is 906. The monoisotopic (exact) mass is 405 g/mol. The van der Waals surface area contributed by atoms with E-state index >= 15 is 0 Å². The summed E-state index contributed by atoms with van der Waals surface area (Å²) >= 11 is 5.50. The Morgan fingerprint density at radius 1 is 1.04 bits per heavy atom. The molecule has 0 unspecified atom stereocenters. The number of ether oxygens (including phenoxy) is 1. The smallest absolute Gasteiger partial charge is 0.243 e. The zero-order valence-corrected chi connectivity index (χ0v) is 17.0. The minimum atomic E-state index is -3.51. The highest BCUT2D eigenvalue weighted by atomic mass is 32.2. The predicted octanol–water partition coefficient (Wildman–Crippen LogP) is 2.71. The van der Waals surface area contributed by atoms with Crippen LogP contribution in [0.2, 0.25) is 0 Å². The van der Waals surface area contributed by atoms with E-state index in [1.807, 2.05) is 36.1 Å². The molecule has 0 atom stereocenters. The third-order valence-electron chi connectivity index (χ3n) is 4.61. The summed E-state index contributed by atoms with van der Waals surface area (Å²) in [7, 11) is -1.96.